The van der Waals surface area contributed by atoms with E-state index in [9.17, 15) is 9.59 Å². The zero-order valence-electron chi connectivity index (χ0n) is 12.3. The predicted molar refractivity (Wildman–Crippen MR) is 82.7 cm³/mol. The topological polar surface area (TPSA) is 86.3 Å². The van der Waals surface area contributed by atoms with Crippen molar-refractivity contribution in [3.8, 4) is 0 Å². The van der Waals surface area contributed by atoms with Crippen molar-refractivity contribution < 1.29 is 9.90 Å². The van der Waals surface area contributed by atoms with Gasteiger partial charge in [0.1, 0.15) is 0 Å². The number of H-pyrrole nitrogens is 1. The number of aliphatic hydroxyl groups is 1. The van der Waals surface area contributed by atoms with Gasteiger partial charge in [-0.3, -0.25) is 9.59 Å². The molecule has 1 amide bonds. The largest absolute Gasteiger partial charge is 0.396 e. The van der Waals surface area contributed by atoms with Gasteiger partial charge in [-0.25, -0.2) is 4.98 Å². The fourth-order valence-corrected chi connectivity index (χ4v) is 3.04. The van der Waals surface area contributed by atoms with Gasteiger partial charge >= 0.3 is 0 Å². The Bertz CT molecular complexity index is 739. The highest BCUT2D eigenvalue weighted by molar-refractivity contribution is 5.92. The van der Waals surface area contributed by atoms with Gasteiger partial charge in [-0.15, -0.1) is 0 Å². The van der Waals surface area contributed by atoms with Crippen LogP contribution >= 0.6 is 0 Å². The number of amides is 1. The average Bonchev–Trinajstić information content (AvgIpc) is 2.55. The van der Waals surface area contributed by atoms with Crippen LogP contribution in [0, 0.1) is 0 Å². The number of likely N-dealkylation sites (tertiary alicyclic amines) is 1. The molecular formula is C16H19N3O3. The van der Waals surface area contributed by atoms with Crippen molar-refractivity contribution in [2.45, 2.75) is 31.7 Å². The minimum Gasteiger partial charge on any atom is -0.396 e. The van der Waals surface area contributed by atoms with E-state index >= 15 is 0 Å². The van der Waals surface area contributed by atoms with E-state index in [1.807, 2.05) is 0 Å². The molecule has 3 rings (SSSR count). The molecule has 6 nitrogen and oxygen atoms in total. The predicted octanol–water partition coefficient (Wildman–Crippen LogP) is 1.30. The number of para-hydroxylation sites is 1. The van der Waals surface area contributed by atoms with Crippen molar-refractivity contribution in [1.82, 2.24) is 14.9 Å². The standard InChI is InChI=1S/C16H19N3O3/c20-10-8-11-5-3-4-9-19(11)16(22)14-17-13-7-2-1-6-12(13)15(21)18-14/h1-2,6-7,11,20H,3-5,8-10H2,(H,17,18,21)/t11-/m1/s1. The van der Waals surface area contributed by atoms with Gasteiger partial charge in [-0.2, -0.15) is 0 Å². The summed E-state index contributed by atoms with van der Waals surface area (Å²) in [5, 5.41) is 9.64. The van der Waals surface area contributed by atoms with E-state index in [0.717, 1.165) is 19.3 Å². The Labute approximate surface area is 127 Å². The monoisotopic (exact) mass is 301 g/mol. The lowest BCUT2D eigenvalue weighted by Crippen LogP contribution is -2.45. The number of fused-ring (bicyclic) bond motifs is 1. The first-order valence-corrected chi connectivity index (χ1v) is 7.61. The number of rotatable bonds is 3. The SMILES string of the molecule is O=C(c1nc2ccccc2c(=O)[nH]1)N1CCCC[C@@H]1CCO. The Morgan fingerprint density at radius 1 is 1.36 bits per heavy atom. The molecular weight excluding hydrogens is 282 g/mol. The van der Waals surface area contributed by atoms with E-state index < -0.39 is 0 Å². The number of benzene rings is 1. The molecule has 1 aromatic carbocycles. The van der Waals surface area contributed by atoms with Gasteiger partial charge in [0, 0.05) is 19.2 Å². The number of hydrogen-bond donors (Lipinski definition) is 2. The Morgan fingerprint density at radius 3 is 3.00 bits per heavy atom. The minimum atomic E-state index is -0.301. The molecule has 22 heavy (non-hydrogen) atoms. The van der Waals surface area contributed by atoms with E-state index in [1.54, 1.807) is 29.2 Å². The molecule has 2 N–H and O–H groups in total. The molecule has 0 radical (unpaired) electrons. The Kier molecular flexibility index (Phi) is 4.20. The molecule has 0 unspecified atom stereocenters. The molecule has 0 spiro atoms. The summed E-state index contributed by atoms with van der Waals surface area (Å²) >= 11 is 0. The summed E-state index contributed by atoms with van der Waals surface area (Å²) < 4.78 is 0. The molecule has 1 aromatic heterocycles. The Morgan fingerprint density at radius 2 is 2.18 bits per heavy atom. The highest BCUT2D eigenvalue weighted by Gasteiger charge is 2.28. The summed E-state index contributed by atoms with van der Waals surface area (Å²) in [5.41, 5.74) is 0.218. The number of nitrogens with zero attached hydrogens (tertiary/aromatic N) is 2. The van der Waals surface area contributed by atoms with Crippen molar-refractivity contribution >= 4 is 16.8 Å². The summed E-state index contributed by atoms with van der Waals surface area (Å²) in [5.74, 6) is -0.186. The summed E-state index contributed by atoms with van der Waals surface area (Å²) in [7, 11) is 0. The van der Waals surface area contributed by atoms with Gasteiger partial charge in [0.15, 0.2) is 5.82 Å². The van der Waals surface area contributed by atoms with Gasteiger partial charge in [-0.05, 0) is 37.8 Å². The van der Waals surface area contributed by atoms with Crippen LogP contribution in [0.25, 0.3) is 10.9 Å². The molecule has 1 aliphatic rings. The number of piperidine rings is 1. The van der Waals surface area contributed by atoms with E-state index in [-0.39, 0.29) is 29.9 Å². The van der Waals surface area contributed by atoms with Crippen LogP contribution in [-0.2, 0) is 0 Å². The Hall–Kier alpha value is -2.21. The zero-order valence-corrected chi connectivity index (χ0v) is 12.3. The van der Waals surface area contributed by atoms with Crippen LogP contribution in [0.3, 0.4) is 0 Å². The molecule has 116 valence electrons. The van der Waals surface area contributed by atoms with Crippen molar-refractivity contribution in [2.75, 3.05) is 13.2 Å². The van der Waals surface area contributed by atoms with Gasteiger partial charge in [0.2, 0.25) is 0 Å². The number of carbonyl (C=O) groups excluding carboxylic acids is 1. The highest BCUT2D eigenvalue weighted by Crippen LogP contribution is 2.21. The molecule has 1 atom stereocenters. The lowest BCUT2D eigenvalue weighted by Gasteiger charge is -2.35. The number of aromatic amines is 1. The molecule has 2 heterocycles. The lowest BCUT2D eigenvalue weighted by molar-refractivity contribution is 0.0562. The molecule has 6 heteroatoms. The number of aliphatic hydroxyl groups excluding tert-OH is 1. The number of carbonyl (C=O) groups is 1. The van der Waals surface area contributed by atoms with E-state index in [1.165, 1.54) is 0 Å². The first-order valence-electron chi connectivity index (χ1n) is 7.61. The van der Waals surface area contributed by atoms with E-state index in [4.69, 9.17) is 5.11 Å². The van der Waals surface area contributed by atoms with Crippen molar-refractivity contribution in [3.05, 3.63) is 40.4 Å². The molecule has 0 saturated carbocycles. The van der Waals surface area contributed by atoms with Crippen molar-refractivity contribution in [2.24, 2.45) is 0 Å². The van der Waals surface area contributed by atoms with Crippen LogP contribution in [-0.4, -0.2) is 45.1 Å². The third-order valence-electron chi connectivity index (χ3n) is 4.17. The second-order valence-electron chi connectivity index (χ2n) is 5.59. The van der Waals surface area contributed by atoms with Crippen LogP contribution in [0.15, 0.2) is 29.1 Å². The summed E-state index contributed by atoms with van der Waals surface area (Å²) in [6, 6.07) is 6.98. The number of hydrogen-bond acceptors (Lipinski definition) is 4. The van der Waals surface area contributed by atoms with E-state index in [0.29, 0.717) is 23.9 Å². The lowest BCUT2D eigenvalue weighted by atomic mass is 9.99. The third kappa shape index (κ3) is 2.74. The second-order valence-corrected chi connectivity index (χ2v) is 5.59. The van der Waals surface area contributed by atoms with Crippen LogP contribution in [0.1, 0.15) is 36.3 Å². The molecule has 0 aliphatic carbocycles. The molecule has 1 fully saturated rings. The van der Waals surface area contributed by atoms with Gasteiger partial charge < -0.3 is 15.0 Å². The van der Waals surface area contributed by atoms with Gasteiger partial charge in [0.05, 0.1) is 10.9 Å². The number of nitrogens with one attached hydrogen (secondary N) is 1. The van der Waals surface area contributed by atoms with Gasteiger partial charge in [-0.1, -0.05) is 12.1 Å². The third-order valence-corrected chi connectivity index (χ3v) is 4.17. The summed E-state index contributed by atoms with van der Waals surface area (Å²) in [6.07, 6.45) is 3.43. The maximum Gasteiger partial charge on any atom is 0.290 e. The normalized spacial score (nSPS) is 18.6. The van der Waals surface area contributed by atoms with E-state index in [2.05, 4.69) is 9.97 Å². The second kappa shape index (κ2) is 6.27. The molecule has 1 saturated heterocycles. The van der Waals surface area contributed by atoms with Crippen LogP contribution in [0.5, 0.6) is 0 Å². The first kappa shape index (κ1) is 14.7. The van der Waals surface area contributed by atoms with Crippen LogP contribution < -0.4 is 5.56 Å². The summed E-state index contributed by atoms with van der Waals surface area (Å²) in [4.78, 5) is 33.4. The number of aromatic nitrogens is 2. The van der Waals surface area contributed by atoms with Crippen molar-refractivity contribution in [3.63, 3.8) is 0 Å². The zero-order chi connectivity index (χ0) is 15.5. The first-order chi connectivity index (χ1) is 10.7. The quantitative estimate of drug-likeness (QED) is 0.894. The molecule has 2 aromatic rings. The van der Waals surface area contributed by atoms with Crippen molar-refractivity contribution in [1.29, 1.82) is 0 Å². The fourth-order valence-electron chi connectivity index (χ4n) is 3.04. The smallest absolute Gasteiger partial charge is 0.290 e. The Balaban J connectivity index is 1.95. The summed E-state index contributed by atoms with van der Waals surface area (Å²) in [6.45, 7) is 0.691. The maximum absolute atomic E-state index is 12.7. The van der Waals surface area contributed by atoms with Gasteiger partial charge in [0.25, 0.3) is 11.5 Å². The maximum atomic E-state index is 12.7. The van der Waals surface area contributed by atoms with Crippen LogP contribution in [0.4, 0.5) is 0 Å². The average molecular weight is 301 g/mol. The fraction of sp³-hybridized carbons (Fsp3) is 0.438. The minimum absolute atomic E-state index is 0.0167. The molecule has 1 aliphatic heterocycles. The molecule has 0 bridgehead atoms. The highest BCUT2D eigenvalue weighted by atomic mass is 16.3. The van der Waals surface area contributed by atoms with Crippen LogP contribution in [0.2, 0.25) is 0 Å².